The van der Waals surface area contributed by atoms with E-state index < -0.39 is 0 Å². The molecule has 1 aromatic rings. The zero-order valence-corrected chi connectivity index (χ0v) is 13.7. The Labute approximate surface area is 130 Å². The molecule has 20 heavy (non-hydrogen) atoms. The Kier molecular flexibility index (Phi) is 6.83. The van der Waals surface area contributed by atoms with Crippen molar-refractivity contribution < 1.29 is 9.47 Å². The van der Waals surface area contributed by atoms with Gasteiger partial charge in [-0.05, 0) is 50.4 Å². The van der Waals surface area contributed by atoms with Crippen LogP contribution >= 0.6 is 15.9 Å². The lowest BCUT2D eigenvalue weighted by atomic mass is 9.93. The molecule has 3 nitrogen and oxygen atoms in total. The molecular weight excluding hydrogens is 318 g/mol. The third-order valence-corrected chi connectivity index (χ3v) is 4.16. The standard InChI is InChI=1S/C16H24BrNO2/c1-2-18-14-6-8-15(9-7-14)19-10-11-20-16-5-3-4-13(17)12-16/h3-5,12,14-15,18H,2,6-11H2,1H3. The van der Waals surface area contributed by atoms with Gasteiger partial charge in [0.15, 0.2) is 0 Å². The lowest BCUT2D eigenvalue weighted by molar-refractivity contribution is 0.00812. The van der Waals surface area contributed by atoms with Crippen LogP contribution in [0.3, 0.4) is 0 Å². The van der Waals surface area contributed by atoms with Gasteiger partial charge in [0.1, 0.15) is 12.4 Å². The average molecular weight is 342 g/mol. The second kappa shape index (κ2) is 8.65. The topological polar surface area (TPSA) is 30.5 Å². The fraction of sp³-hybridized carbons (Fsp3) is 0.625. The molecule has 4 heteroatoms. The Hall–Kier alpha value is -0.580. The van der Waals surface area contributed by atoms with Gasteiger partial charge in [-0.3, -0.25) is 0 Å². The van der Waals surface area contributed by atoms with Gasteiger partial charge in [0, 0.05) is 10.5 Å². The highest BCUT2D eigenvalue weighted by Crippen LogP contribution is 2.21. The van der Waals surface area contributed by atoms with Crippen LogP contribution in [0.2, 0.25) is 0 Å². The quantitative estimate of drug-likeness (QED) is 0.766. The van der Waals surface area contributed by atoms with Crippen LogP contribution in [0.5, 0.6) is 5.75 Å². The van der Waals surface area contributed by atoms with Crippen LogP contribution in [-0.4, -0.2) is 31.9 Å². The molecule has 1 fully saturated rings. The van der Waals surface area contributed by atoms with Gasteiger partial charge in [-0.25, -0.2) is 0 Å². The zero-order chi connectivity index (χ0) is 14.2. The second-order valence-corrected chi connectivity index (χ2v) is 6.12. The smallest absolute Gasteiger partial charge is 0.120 e. The predicted molar refractivity (Wildman–Crippen MR) is 85.3 cm³/mol. The fourth-order valence-corrected chi connectivity index (χ4v) is 3.03. The summed E-state index contributed by atoms with van der Waals surface area (Å²) in [5, 5.41) is 3.51. The maximum absolute atomic E-state index is 5.90. The summed E-state index contributed by atoms with van der Waals surface area (Å²) in [4.78, 5) is 0. The van der Waals surface area contributed by atoms with Gasteiger partial charge < -0.3 is 14.8 Å². The van der Waals surface area contributed by atoms with Crippen molar-refractivity contribution in [2.45, 2.75) is 44.8 Å². The van der Waals surface area contributed by atoms with E-state index in [1.807, 2.05) is 24.3 Å². The number of ether oxygens (including phenoxy) is 2. The minimum absolute atomic E-state index is 0.413. The van der Waals surface area contributed by atoms with Crippen molar-refractivity contribution in [3.8, 4) is 5.75 Å². The Balaban J connectivity index is 1.58. The number of nitrogens with one attached hydrogen (secondary N) is 1. The first-order chi connectivity index (χ1) is 9.78. The van der Waals surface area contributed by atoms with Crippen molar-refractivity contribution in [3.05, 3.63) is 28.7 Å². The van der Waals surface area contributed by atoms with Gasteiger partial charge in [0.05, 0.1) is 12.7 Å². The van der Waals surface area contributed by atoms with Crippen molar-refractivity contribution in [1.29, 1.82) is 0 Å². The largest absolute Gasteiger partial charge is 0.491 e. The molecule has 1 aromatic carbocycles. The summed E-state index contributed by atoms with van der Waals surface area (Å²) < 4.78 is 12.6. The lowest BCUT2D eigenvalue weighted by Gasteiger charge is -2.28. The van der Waals surface area contributed by atoms with E-state index >= 15 is 0 Å². The SMILES string of the molecule is CCNC1CCC(OCCOc2cccc(Br)c2)CC1. The number of rotatable bonds is 7. The second-order valence-electron chi connectivity index (χ2n) is 5.21. The highest BCUT2D eigenvalue weighted by Gasteiger charge is 2.20. The first-order valence-electron chi connectivity index (χ1n) is 7.51. The lowest BCUT2D eigenvalue weighted by Crippen LogP contribution is -2.35. The van der Waals surface area contributed by atoms with Crippen molar-refractivity contribution in [1.82, 2.24) is 5.32 Å². The van der Waals surface area contributed by atoms with Gasteiger partial charge in [0.25, 0.3) is 0 Å². The van der Waals surface area contributed by atoms with Crippen LogP contribution < -0.4 is 10.1 Å². The number of halogens is 1. The first kappa shape index (κ1) is 15.8. The van der Waals surface area contributed by atoms with E-state index in [0.717, 1.165) is 29.6 Å². The molecule has 112 valence electrons. The van der Waals surface area contributed by atoms with E-state index in [-0.39, 0.29) is 0 Å². The summed E-state index contributed by atoms with van der Waals surface area (Å²) in [5.41, 5.74) is 0. The van der Waals surface area contributed by atoms with Crippen LogP contribution in [0.15, 0.2) is 28.7 Å². The molecule has 0 atom stereocenters. The van der Waals surface area contributed by atoms with E-state index in [0.29, 0.717) is 25.4 Å². The minimum atomic E-state index is 0.413. The van der Waals surface area contributed by atoms with Crippen molar-refractivity contribution >= 4 is 15.9 Å². The molecule has 0 amide bonds. The Bertz CT molecular complexity index is 392. The minimum Gasteiger partial charge on any atom is -0.491 e. The van der Waals surface area contributed by atoms with Crippen molar-refractivity contribution in [3.63, 3.8) is 0 Å². The van der Waals surface area contributed by atoms with Crippen molar-refractivity contribution in [2.24, 2.45) is 0 Å². The predicted octanol–water partition coefficient (Wildman–Crippen LogP) is 3.77. The summed E-state index contributed by atoms with van der Waals surface area (Å²) in [6.45, 7) is 4.52. The normalized spacial score (nSPS) is 22.7. The fourth-order valence-electron chi connectivity index (χ4n) is 2.65. The third kappa shape index (κ3) is 5.43. The molecular formula is C16H24BrNO2. The van der Waals surface area contributed by atoms with Crippen LogP contribution in [0, 0.1) is 0 Å². The number of hydrogen-bond acceptors (Lipinski definition) is 3. The van der Waals surface area contributed by atoms with Crippen molar-refractivity contribution in [2.75, 3.05) is 19.8 Å². The zero-order valence-electron chi connectivity index (χ0n) is 12.1. The van der Waals surface area contributed by atoms with E-state index in [1.165, 1.54) is 12.8 Å². The summed E-state index contributed by atoms with van der Waals surface area (Å²) in [6.07, 6.45) is 5.19. The van der Waals surface area contributed by atoms with E-state index in [4.69, 9.17) is 9.47 Å². The molecule has 0 spiro atoms. The van der Waals surface area contributed by atoms with E-state index in [1.54, 1.807) is 0 Å². The molecule has 0 aromatic heterocycles. The molecule has 1 N–H and O–H groups in total. The van der Waals surface area contributed by atoms with Crippen LogP contribution in [-0.2, 0) is 4.74 Å². The maximum Gasteiger partial charge on any atom is 0.120 e. The highest BCUT2D eigenvalue weighted by atomic mass is 79.9. The summed E-state index contributed by atoms with van der Waals surface area (Å²) in [6, 6.07) is 8.60. The highest BCUT2D eigenvalue weighted by molar-refractivity contribution is 9.10. The van der Waals surface area contributed by atoms with Crippen LogP contribution in [0.25, 0.3) is 0 Å². The van der Waals surface area contributed by atoms with E-state index in [2.05, 4.69) is 28.2 Å². The average Bonchev–Trinajstić information content (AvgIpc) is 2.46. The van der Waals surface area contributed by atoms with Gasteiger partial charge in [-0.2, -0.15) is 0 Å². The van der Waals surface area contributed by atoms with Gasteiger partial charge >= 0.3 is 0 Å². The first-order valence-corrected chi connectivity index (χ1v) is 8.30. The monoisotopic (exact) mass is 341 g/mol. The summed E-state index contributed by atoms with van der Waals surface area (Å²) in [5.74, 6) is 0.888. The molecule has 0 saturated heterocycles. The molecule has 0 radical (unpaired) electrons. The maximum atomic E-state index is 5.90. The Morgan fingerprint density at radius 1 is 1.20 bits per heavy atom. The van der Waals surface area contributed by atoms with Gasteiger partial charge in [-0.1, -0.05) is 28.9 Å². The van der Waals surface area contributed by atoms with Gasteiger partial charge in [0.2, 0.25) is 0 Å². The molecule has 0 unspecified atom stereocenters. The number of benzene rings is 1. The molecule has 1 aliphatic carbocycles. The van der Waals surface area contributed by atoms with Gasteiger partial charge in [-0.15, -0.1) is 0 Å². The summed E-state index contributed by atoms with van der Waals surface area (Å²) >= 11 is 3.43. The van der Waals surface area contributed by atoms with Crippen LogP contribution in [0.4, 0.5) is 0 Å². The molecule has 0 bridgehead atoms. The van der Waals surface area contributed by atoms with Crippen LogP contribution in [0.1, 0.15) is 32.6 Å². The molecule has 0 heterocycles. The summed E-state index contributed by atoms with van der Waals surface area (Å²) in [7, 11) is 0. The molecule has 1 saturated carbocycles. The Morgan fingerprint density at radius 2 is 2.00 bits per heavy atom. The Morgan fingerprint density at radius 3 is 2.70 bits per heavy atom. The molecule has 0 aliphatic heterocycles. The van der Waals surface area contributed by atoms with E-state index in [9.17, 15) is 0 Å². The third-order valence-electron chi connectivity index (χ3n) is 3.67. The molecule has 1 aliphatic rings. The molecule has 2 rings (SSSR count). The number of hydrogen-bond donors (Lipinski definition) is 1.